The Balaban J connectivity index is 1.65. The first-order valence-corrected chi connectivity index (χ1v) is 9.76. The molecule has 0 aliphatic heterocycles. The number of rotatable bonds is 5. The number of hydrogen-bond donors (Lipinski definition) is 1. The van der Waals surface area contributed by atoms with Gasteiger partial charge in [-0.25, -0.2) is 4.68 Å². The van der Waals surface area contributed by atoms with Crippen molar-refractivity contribution in [3.63, 3.8) is 0 Å². The number of carbonyl (C=O) groups excluding carboxylic acids is 1. The molecule has 0 fully saturated rings. The quantitative estimate of drug-likeness (QED) is 0.559. The molecule has 0 radical (unpaired) electrons. The molecule has 6 nitrogen and oxygen atoms in total. The maximum Gasteiger partial charge on any atom is 0.274 e. The summed E-state index contributed by atoms with van der Waals surface area (Å²) in [6.45, 7) is 4.53. The number of amides is 1. The Morgan fingerprint density at radius 2 is 1.80 bits per heavy atom. The number of benzene rings is 2. The fourth-order valence-electron chi connectivity index (χ4n) is 3.36. The van der Waals surface area contributed by atoms with Crippen LogP contribution in [0.25, 0.3) is 10.8 Å². The Morgan fingerprint density at radius 1 is 1.00 bits per heavy atom. The Hall–Kier alpha value is -3.80. The molecule has 0 spiro atoms. The molecule has 2 aromatic heterocycles. The molecule has 0 bridgehead atoms. The van der Waals surface area contributed by atoms with Gasteiger partial charge < -0.3 is 5.32 Å². The van der Waals surface area contributed by atoms with Crippen molar-refractivity contribution < 1.29 is 4.79 Å². The second-order valence-corrected chi connectivity index (χ2v) is 7.30. The summed E-state index contributed by atoms with van der Waals surface area (Å²) in [5.41, 5.74) is 4.17. The normalized spacial score (nSPS) is 10.9. The van der Waals surface area contributed by atoms with Crippen LogP contribution in [0.1, 0.15) is 32.7 Å². The molecule has 4 aromatic rings. The number of aromatic nitrogens is 3. The molecule has 0 aliphatic rings. The van der Waals surface area contributed by atoms with E-state index < -0.39 is 0 Å². The summed E-state index contributed by atoms with van der Waals surface area (Å²) in [6, 6.07) is 16.7. The summed E-state index contributed by atoms with van der Waals surface area (Å²) >= 11 is 0. The van der Waals surface area contributed by atoms with Crippen LogP contribution >= 0.6 is 0 Å². The van der Waals surface area contributed by atoms with Crippen molar-refractivity contribution in [1.29, 1.82) is 0 Å². The smallest absolute Gasteiger partial charge is 0.274 e. The molecule has 0 unspecified atom stereocenters. The SMILES string of the molecule is Cc1ccc(C(=O)NCc2nn(Cc3cccnc3)c(=O)c3ccccc23)cc1C. The highest BCUT2D eigenvalue weighted by Crippen LogP contribution is 2.15. The summed E-state index contributed by atoms with van der Waals surface area (Å²) in [4.78, 5) is 29.7. The van der Waals surface area contributed by atoms with Crippen LogP contribution in [0.4, 0.5) is 0 Å². The molecule has 30 heavy (non-hydrogen) atoms. The van der Waals surface area contributed by atoms with Gasteiger partial charge in [0.25, 0.3) is 11.5 Å². The largest absolute Gasteiger partial charge is 0.346 e. The van der Waals surface area contributed by atoms with E-state index in [4.69, 9.17) is 0 Å². The Kier molecular flexibility index (Phi) is 5.39. The van der Waals surface area contributed by atoms with Gasteiger partial charge in [0.1, 0.15) is 0 Å². The molecule has 1 amide bonds. The number of carbonyl (C=O) groups is 1. The van der Waals surface area contributed by atoms with Crippen LogP contribution in [0.5, 0.6) is 0 Å². The van der Waals surface area contributed by atoms with Crippen LogP contribution in [-0.4, -0.2) is 20.7 Å². The van der Waals surface area contributed by atoms with E-state index in [0.717, 1.165) is 22.1 Å². The highest BCUT2D eigenvalue weighted by atomic mass is 16.1. The van der Waals surface area contributed by atoms with E-state index in [2.05, 4.69) is 15.4 Å². The van der Waals surface area contributed by atoms with Gasteiger partial charge in [-0.05, 0) is 54.8 Å². The first kappa shape index (κ1) is 19.5. The lowest BCUT2D eigenvalue weighted by molar-refractivity contribution is 0.0950. The van der Waals surface area contributed by atoms with Crippen LogP contribution < -0.4 is 10.9 Å². The third kappa shape index (κ3) is 3.98. The minimum absolute atomic E-state index is 0.168. The first-order chi connectivity index (χ1) is 14.5. The van der Waals surface area contributed by atoms with Crippen LogP contribution in [0.15, 0.2) is 71.8 Å². The molecule has 150 valence electrons. The number of nitrogens with zero attached hydrogens (tertiary/aromatic N) is 3. The summed E-state index contributed by atoms with van der Waals surface area (Å²) in [5, 5.41) is 8.81. The first-order valence-electron chi connectivity index (χ1n) is 9.76. The number of fused-ring (bicyclic) bond motifs is 1. The molecular formula is C24H22N4O2. The van der Waals surface area contributed by atoms with Gasteiger partial charge in [0.15, 0.2) is 0 Å². The molecule has 6 heteroatoms. The van der Waals surface area contributed by atoms with E-state index in [-0.39, 0.29) is 18.0 Å². The van der Waals surface area contributed by atoms with Gasteiger partial charge >= 0.3 is 0 Å². The van der Waals surface area contributed by atoms with Gasteiger partial charge in [-0.2, -0.15) is 5.10 Å². The zero-order chi connectivity index (χ0) is 21.1. The van der Waals surface area contributed by atoms with Gasteiger partial charge in [-0.15, -0.1) is 0 Å². The lowest BCUT2D eigenvalue weighted by Gasteiger charge is -2.12. The maximum atomic E-state index is 12.9. The van der Waals surface area contributed by atoms with Gasteiger partial charge in [0.05, 0.1) is 24.2 Å². The highest BCUT2D eigenvalue weighted by Gasteiger charge is 2.13. The van der Waals surface area contributed by atoms with Crippen LogP contribution in [0.2, 0.25) is 0 Å². The molecule has 1 N–H and O–H groups in total. The standard InChI is InChI=1S/C24H22N4O2/c1-16-9-10-19(12-17(16)2)23(29)26-14-22-20-7-3-4-8-21(20)24(30)28(27-22)15-18-6-5-11-25-13-18/h3-13H,14-15H2,1-2H3,(H,26,29). The monoisotopic (exact) mass is 398 g/mol. The lowest BCUT2D eigenvalue weighted by atomic mass is 10.1. The second kappa shape index (κ2) is 8.29. The van der Waals surface area contributed by atoms with Crippen molar-refractivity contribution in [3.8, 4) is 0 Å². The maximum absolute atomic E-state index is 12.9. The minimum atomic E-state index is -0.172. The molecule has 4 rings (SSSR count). The van der Waals surface area contributed by atoms with E-state index >= 15 is 0 Å². The van der Waals surface area contributed by atoms with Crippen LogP contribution in [-0.2, 0) is 13.1 Å². The molecule has 0 saturated carbocycles. The Morgan fingerprint density at radius 3 is 2.53 bits per heavy atom. The molecule has 0 saturated heterocycles. The molecule has 0 aliphatic carbocycles. The zero-order valence-corrected chi connectivity index (χ0v) is 16.9. The van der Waals surface area contributed by atoms with Gasteiger partial charge in [-0.1, -0.05) is 30.3 Å². The number of aryl methyl sites for hydroxylation is 2. The third-order valence-corrected chi connectivity index (χ3v) is 5.18. The van der Waals surface area contributed by atoms with Crippen molar-refractivity contribution in [1.82, 2.24) is 20.1 Å². The van der Waals surface area contributed by atoms with E-state index in [1.807, 2.05) is 62.4 Å². The van der Waals surface area contributed by atoms with E-state index in [9.17, 15) is 9.59 Å². The lowest BCUT2D eigenvalue weighted by Crippen LogP contribution is -2.29. The predicted octanol–water partition coefficient (Wildman–Crippen LogP) is 3.39. The minimum Gasteiger partial charge on any atom is -0.346 e. The number of hydrogen-bond acceptors (Lipinski definition) is 4. The van der Waals surface area contributed by atoms with E-state index in [1.54, 1.807) is 18.5 Å². The highest BCUT2D eigenvalue weighted by molar-refractivity contribution is 5.94. The van der Waals surface area contributed by atoms with Crippen molar-refractivity contribution >= 4 is 16.7 Å². The topological polar surface area (TPSA) is 76.9 Å². The predicted molar refractivity (Wildman–Crippen MR) is 116 cm³/mol. The molecule has 2 heterocycles. The van der Waals surface area contributed by atoms with Crippen molar-refractivity contribution in [3.05, 3.63) is 105 Å². The number of pyridine rings is 1. The fraction of sp³-hybridized carbons (Fsp3) is 0.167. The summed E-state index contributed by atoms with van der Waals surface area (Å²) < 4.78 is 1.43. The third-order valence-electron chi connectivity index (χ3n) is 5.18. The summed E-state index contributed by atoms with van der Waals surface area (Å²) in [5.74, 6) is -0.172. The number of nitrogens with one attached hydrogen (secondary N) is 1. The van der Waals surface area contributed by atoms with Gasteiger partial charge in [-0.3, -0.25) is 14.6 Å². The molecule has 0 atom stereocenters. The van der Waals surface area contributed by atoms with Crippen molar-refractivity contribution in [2.24, 2.45) is 0 Å². The zero-order valence-electron chi connectivity index (χ0n) is 16.9. The van der Waals surface area contributed by atoms with Crippen LogP contribution in [0.3, 0.4) is 0 Å². The Bertz CT molecular complexity index is 1280. The van der Waals surface area contributed by atoms with Crippen molar-refractivity contribution in [2.45, 2.75) is 26.9 Å². The summed E-state index contributed by atoms with van der Waals surface area (Å²) in [6.07, 6.45) is 3.40. The average Bonchev–Trinajstić information content (AvgIpc) is 2.77. The van der Waals surface area contributed by atoms with E-state index in [0.29, 0.717) is 23.2 Å². The Labute approximate surface area is 174 Å². The van der Waals surface area contributed by atoms with E-state index in [1.165, 1.54) is 4.68 Å². The van der Waals surface area contributed by atoms with Crippen LogP contribution in [0, 0.1) is 13.8 Å². The van der Waals surface area contributed by atoms with Gasteiger partial charge in [0.2, 0.25) is 0 Å². The molecular weight excluding hydrogens is 376 g/mol. The fourth-order valence-corrected chi connectivity index (χ4v) is 3.36. The average molecular weight is 398 g/mol. The second-order valence-electron chi connectivity index (χ2n) is 7.30. The van der Waals surface area contributed by atoms with Gasteiger partial charge in [0, 0.05) is 23.3 Å². The molecule has 2 aromatic carbocycles. The summed E-state index contributed by atoms with van der Waals surface area (Å²) in [7, 11) is 0. The van der Waals surface area contributed by atoms with Crippen molar-refractivity contribution in [2.75, 3.05) is 0 Å².